The van der Waals surface area contributed by atoms with Gasteiger partial charge in [0.05, 0.1) is 11.9 Å². The summed E-state index contributed by atoms with van der Waals surface area (Å²) < 4.78 is 23.4. The fourth-order valence-electron chi connectivity index (χ4n) is 3.47. The largest absolute Gasteiger partial charge is 0.365 e. The van der Waals surface area contributed by atoms with E-state index in [1.807, 2.05) is 25.1 Å². The van der Waals surface area contributed by atoms with Gasteiger partial charge in [-0.25, -0.2) is 13.4 Å². The Morgan fingerprint density at radius 2 is 1.92 bits per heavy atom. The van der Waals surface area contributed by atoms with Gasteiger partial charge in [-0.15, -0.1) is 0 Å². The molecule has 0 unspecified atom stereocenters. The molecule has 2 aromatic heterocycles. The first kappa shape index (κ1) is 16.8. The number of anilines is 1. The molecule has 0 radical (unpaired) electrons. The predicted octanol–water partition coefficient (Wildman–Crippen LogP) is 3.35. The highest BCUT2D eigenvalue weighted by Gasteiger charge is 2.21. The van der Waals surface area contributed by atoms with Gasteiger partial charge < -0.3 is 9.88 Å². The summed E-state index contributed by atoms with van der Waals surface area (Å²) in [6.07, 6.45) is 3.80. The van der Waals surface area contributed by atoms with Crippen LogP contribution in [0, 0.1) is 6.92 Å². The van der Waals surface area contributed by atoms with Crippen molar-refractivity contribution in [2.75, 3.05) is 17.7 Å². The van der Waals surface area contributed by atoms with Crippen molar-refractivity contribution in [3.05, 3.63) is 65.5 Å². The fraction of sp³-hybridized carbons (Fsp3) is 0.250. The number of hydrogen-bond donors (Lipinski definition) is 1. The van der Waals surface area contributed by atoms with Crippen LogP contribution in [0.5, 0.6) is 0 Å². The van der Waals surface area contributed by atoms with Gasteiger partial charge in [0.1, 0.15) is 0 Å². The quantitative estimate of drug-likeness (QED) is 0.771. The van der Waals surface area contributed by atoms with Gasteiger partial charge in [0.25, 0.3) is 0 Å². The molecule has 134 valence electrons. The van der Waals surface area contributed by atoms with Gasteiger partial charge in [-0.3, -0.25) is 0 Å². The SMILES string of the molecule is Cc1cc(S(C)(=O)=O)ncc1N1CCc2[nH]c(-c3ccccc3)cc2C1. The van der Waals surface area contributed by atoms with Gasteiger partial charge >= 0.3 is 0 Å². The van der Waals surface area contributed by atoms with E-state index < -0.39 is 9.84 Å². The van der Waals surface area contributed by atoms with E-state index in [9.17, 15) is 8.42 Å². The second-order valence-corrected chi connectivity index (χ2v) is 8.77. The lowest BCUT2D eigenvalue weighted by Gasteiger charge is -2.30. The Balaban J connectivity index is 1.62. The van der Waals surface area contributed by atoms with Crippen LogP contribution in [0.1, 0.15) is 16.8 Å². The molecule has 0 aliphatic carbocycles. The normalized spacial score (nSPS) is 14.3. The van der Waals surface area contributed by atoms with Gasteiger partial charge in [-0.1, -0.05) is 30.3 Å². The second kappa shape index (κ2) is 6.29. The summed E-state index contributed by atoms with van der Waals surface area (Å²) in [6, 6.07) is 14.2. The topological polar surface area (TPSA) is 66.1 Å². The molecule has 1 N–H and O–H groups in total. The molecule has 0 atom stereocenters. The zero-order valence-electron chi connectivity index (χ0n) is 14.9. The number of fused-ring (bicyclic) bond motifs is 1. The molecule has 0 saturated heterocycles. The van der Waals surface area contributed by atoms with Crippen molar-refractivity contribution in [2.24, 2.45) is 0 Å². The highest BCUT2D eigenvalue weighted by atomic mass is 32.2. The average Bonchev–Trinajstić information content (AvgIpc) is 3.05. The molecule has 1 aromatic carbocycles. The monoisotopic (exact) mass is 367 g/mol. The summed E-state index contributed by atoms with van der Waals surface area (Å²) in [5.41, 5.74) is 6.80. The molecule has 0 fully saturated rings. The molecule has 1 aliphatic rings. The first-order valence-corrected chi connectivity index (χ1v) is 10.5. The number of aromatic amines is 1. The molecule has 0 spiro atoms. The number of H-pyrrole nitrogens is 1. The van der Waals surface area contributed by atoms with Crippen LogP contribution in [-0.4, -0.2) is 31.2 Å². The molecular weight excluding hydrogens is 346 g/mol. The van der Waals surface area contributed by atoms with E-state index in [2.05, 4.69) is 33.1 Å². The van der Waals surface area contributed by atoms with Crippen molar-refractivity contribution < 1.29 is 8.42 Å². The summed E-state index contributed by atoms with van der Waals surface area (Å²) >= 11 is 0. The molecule has 6 heteroatoms. The van der Waals surface area contributed by atoms with Gasteiger partial charge in [0.2, 0.25) is 0 Å². The van der Waals surface area contributed by atoms with Gasteiger partial charge in [0.15, 0.2) is 14.9 Å². The lowest BCUT2D eigenvalue weighted by Crippen LogP contribution is -2.30. The highest BCUT2D eigenvalue weighted by Crippen LogP contribution is 2.30. The lowest BCUT2D eigenvalue weighted by atomic mass is 10.1. The van der Waals surface area contributed by atoms with Crippen molar-refractivity contribution in [2.45, 2.75) is 24.9 Å². The van der Waals surface area contributed by atoms with E-state index >= 15 is 0 Å². The number of rotatable bonds is 3. The fourth-order valence-corrected chi connectivity index (χ4v) is 4.11. The number of nitrogens with one attached hydrogen (secondary N) is 1. The van der Waals surface area contributed by atoms with Crippen LogP contribution in [0.15, 0.2) is 53.7 Å². The van der Waals surface area contributed by atoms with E-state index in [4.69, 9.17) is 0 Å². The van der Waals surface area contributed by atoms with Gasteiger partial charge in [-0.05, 0) is 35.7 Å². The highest BCUT2D eigenvalue weighted by molar-refractivity contribution is 7.90. The number of aromatic nitrogens is 2. The summed E-state index contributed by atoms with van der Waals surface area (Å²) in [7, 11) is -3.28. The predicted molar refractivity (Wildman–Crippen MR) is 103 cm³/mol. The molecule has 26 heavy (non-hydrogen) atoms. The van der Waals surface area contributed by atoms with E-state index in [-0.39, 0.29) is 5.03 Å². The number of pyridine rings is 1. The average molecular weight is 367 g/mol. The Kier molecular flexibility index (Phi) is 4.07. The number of hydrogen-bond acceptors (Lipinski definition) is 4. The zero-order valence-corrected chi connectivity index (χ0v) is 15.7. The third-order valence-electron chi connectivity index (χ3n) is 4.85. The van der Waals surface area contributed by atoms with Crippen LogP contribution in [0.4, 0.5) is 5.69 Å². The molecule has 1 aliphatic heterocycles. The van der Waals surface area contributed by atoms with E-state index in [0.29, 0.717) is 0 Å². The number of benzene rings is 1. The maximum Gasteiger partial charge on any atom is 0.192 e. The maximum absolute atomic E-state index is 11.7. The van der Waals surface area contributed by atoms with Crippen LogP contribution < -0.4 is 4.90 Å². The third kappa shape index (κ3) is 3.12. The Morgan fingerprint density at radius 3 is 2.62 bits per heavy atom. The van der Waals surface area contributed by atoms with Crippen molar-refractivity contribution >= 4 is 15.5 Å². The summed E-state index contributed by atoms with van der Waals surface area (Å²) in [4.78, 5) is 9.96. The van der Waals surface area contributed by atoms with Crippen LogP contribution >= 0.6 is 0 Å². The lowest BCUT2D eigenvalue weighted by molar-refractivity contribution is 0.598. The summed E-state index contributed by atoms with van der Waals surface area (Å²) in [5.74, 6) is 0. The van der Waals surface area contributed by atoms with Crippen molar-refractivity contribution in [1.82, 2.24) is 9.97 Å². The molecule has 3 heterocycles. The minimum atomic E-state index is -3.28. The first-order chi connectivity index (χ1) is 12.4. The van der Waals surface area contributed by atoms with Gasteiger partial charge in [0, 0.05) is 37.2 Å². The van der Waals surface area contributed by atoms with Crippen molar-refractivity contribution in [1.29, 1.82) is 0 Å². The minimum Gasteiger partial charge on any atom is -0.365 e. The second-order valence-electron chi connectivity index (χ2n) is 6.81. The molecule has 0 bridgehead atoms. The molecule has 0 amide bonds. The molecule has 3 aromatic rings. The number of nitrogens with zero attached hydrogens (tertiary/aromatic N) is 2. The Hall–Kier alpha value is -2.60. The minimum absolute atomic E-state index is 0.129. The van der Waals surface area contributed by atoms with Crippen molar-refractivity contribution in [3.63, 3.8) is 0 Å². The standard InChI is InChI=1S/C20H21N3O2S/c1-14-10-20(26(2,24)25)21-12-19(14)23-9-8-17-16(13-23)11-18(22-17)15-6-4-3-5-7-15/h3-7,10-12,22H,8-9,13H2,1-2H3. The van der Waals surface area contributed by atoms with Crippen LogP contribution in [0.2, 0.25) is 0 Å². The molecule has 4 rings (SSSR count). The van der Waals surface area contributed by atoms with Crippen LogP contribution in [0.25, 0.3) is 11.3 Å². The summed E-state index contributed by atoms with van der Waals surface area (Å²) in [6.45, 7) is 3.61. The Labute approximate surface area is 153 Å². The molecule has 5 nitrogen and oxygen atoms in total. The smallest absolute Gasteiger partial charge is 0.192 e. The van der Waals surface area contributed by atoms with Crippen LogP contribution in [-0.2, 0) is 22.8 Å². The van der Waals surface area contributed by atoms with Crippen molar-refractivity contribution in [3.8, 4) is 11.3 Å². The summed E-state index contributed by atoms with van der Waals surface area (Å²) in [5, 5.41) is 0.129. The molecular formula is C20H21N3O2S. The zero-order chi connectivity index (χ0) is 18.3. The number of aryl methyl sites for hydroxylation is 1. The van der Waals surface area contributed by atoms with Gasteiger partial charge in [-0.2, -0.15) is 0 Å². The van der Waals surface area contributed by atoms with E-state index in [0.717, 1.165) is 36.5 Å². The first-order valence-electron chi connectivity index (χ1n) is 8.59. The van der Waals surface area contributed by atoms with Crippen LogP contribution in [0.3, 0.4) is 0 Å². The Morgan fingerprint density at radius 1 is 1.15 bits per heavy atom. The van der Waals surface area contributed by atoms with E-state index in [1.54, 1.807) is 12.3 Å². The Bertz CT molecular complexity index is 1060. The number of sulfone groups is 1. The van der Waals surface area contributed by atoms with E-state index in [1.165, 1.54) is 23.1 Å². The third-order valence-corrected chi connectivity index (χ3v) is 5.83. The maximum atomic E-state index is 11.7. The molecule has 0 saturated carbocycles.